The third-order valence-corrected chi connectivity index (χ3v) is 2.59. The molecule has 88 valence electrons. The van der Waals surface area contributed by atoms with Gasteiger partial charge >= 0.3 is 6.01 Å². The molecule has 1 aliphatic rings. The van der Waals surface area contributed by atoms with E-state index in [2.05, 4.69) is 31.8 Å². The molecule has 0 unspecified atom stereocenters. The zero-order chi connectivity index (χ0) is 11.5. The van der Waals surface area contributed by atoms with Crippen LogP contribution >= 0.6 is 0 Å². The summed E-state index contributed by atoms with van der Waals surface area (Å²) in [6.07, 6.45) is 0. The third-order valence-electron chi connectivity index (χ3n) is 2.59. The number of rotatable bonds is 2. The van der Waals surface area contributed by atoms with Gasteiger partial charge in [0.2, 0.25) is 11.9 Å². The van der Waals surface area contributed by atoms with Gasteiger partial charge in [-0.05, 0) is 7.05 Å². The predicted octanol–water partition coefficient (Wildman–Crippen LogP) is -0.786. The molecule has 0 atom stereocenters. The Bertz CT molecular complexity index is 363. The van der Waals surface area contributed by atoms with E-state index in [0.717, 1.165) is 26.2 Å². The van der Waals surface area contributed by atoms with Gasteiger partial charge in [0.1, 0.15) is 0 Å². The molecule has 1 aliphatic heterocycles. The Kier molecular flexibility index (Phi) is 3.04. The maximum Gasteiger partial charge on any atom is 0.322 e. The smallest absolute Gasteiger partial charge is 0.322 e. The van der Waals surface area contributed by atoms with E-state index in [1.165, 1.54) is 7.11 Å². The van der Waals surface area contributed by atoms with Crippen LogP contribution < -0.4 is 15.4 Å². The number of nitrogen functional groups attached to an aromatic ring is 1. The van der Waals surface area contributed by atoms with Crippen molar-refractivity contribution in [3.8, 4) is 6.01 Å². The second-order valence-corrected chi connectivity index (χ2v) is 3.77. The van der Waals surface area contributed by atoms with Crippen LogP contribution in [0.3, 0.4) is 0 Å². The minimum atomic E-state index is 0.195. The van der Waals surface area contributed by atoms with Crippen molar-refractivity contribution in [3.05, 3.63) is 0 Å². The number of aromatic nitrogens is 3. The largest absolute Gasteiger partial charge is 0.467 e. The second kappa shape index (κ2) is 4.48. The summed E-state index contributed by atoms with van der Waals surface area (Å²) < 4.78 is 4.97. The average molecular weight is 224 g/mol. The van der Waals surface area contributed by atoms with Gasteiger partial charge in [-0.25, -0.2) is 0 Å². The number of anilines is 2. The number of likely N-dealkylation sites (N-methyl/N-ethyl adjacent to an activating group) is 1. The summed E-state index contributed by atoms with van der Waals surface area (Å²) in [6, 6.07) is 0.265. The molecule has 1 fully saturated rings. The fourth-order valence-electron chi connectivity index (χ4n) is 1.60. The van der Waals surface area contributed by atoms with E-state index in [-0.39, 0.29) is 12.0 Å². The minimum Gasteiger partial charge on any atom is -0.467 e. The van der Waals surface area contributed by atoms with Crippen molar-refractivity contribution in [2.75, 3.05) is 51.0 Å². The molecule has 1 aromatic rings. The molecule has 0 aliphatic carbocycles. The highest BCUT2D eigenvalue weighted by Gasteiger charge is 2.17. The summed E-state index contributed by atoms with van der Waals surface area (Å²) in [4.78, 5) is 16.5. The molecule has 16 heavy (non-hydrogen) atoms. The lowest BCUT2D eigenvalue weighted by atomic mass is 10.3. The zero-order valence-corrected chi connectivity index (χ0v) is 9.55. The molecule has 2 heterocycles. The highest BCUT2D eigenvalue weighted by atomic mass is 16.5. The quantitative estimate of drug-likeness (QED) is 0.705. The van der Waals surface area contributed by atoms with Gasteiger partial charge in [0, 0.05) is 26.2 Å². The van der Waals surface area contributed by atoms with Gasteiger partial charge in [0.05, 0.1) is 7.11 Å². The van der Waals surface area contributed by atoms with Crippen LogP contribution in [0.2, 0.25) is 0 Å². The Hall–Kier alpha value is -1.63. The maximum atomic E-state index is 5.59. The van der Waals surface area contributed by atoms with Crippen LogP contribution in [0, 0.1) is 0 Å². The first kappa shape index (κ1) is 10.9. The molecule has 0 saturated carbocycles. The van der Waals surface area contributed by atoms with Gasteiger partial charge < -0.3 is 20.3 Å². The van der Waals surface area contributed by atoms with Gasteiger partial charge in [0.25, 0.3) is 0 Å². The fraction of sp³-hybridized carbons (Fsp3) is 0.667. The Labute approximate surface area is 94.2 Å². The summed E-state index contributed by atoms with van der Waals surface area (Å²) in [7, 11) is 3.61. The standard InChI is InChI=1S/C9H16N6O/c1-14-3-5-15(6-4-14)8-11-7(10)12-9(13-8)16-2/h3-6H2,1-2H3,(H2,10,11,12,13). The topological polar surface area (TPSA) is 80.4 Å². The van der Waals surface area contributed by atoms with Crippen LogP contribution in [0.15, 0.2) is 0 Å². The maximum absolute atomic E-state index is 5.59. The van der Waals surface area contributed by atoms with Crippen molar-refractivity contribution in [2.45, 2.75) is 0 Å². The lowest BCUT2D eigenvalue weighted by Gasteiger charge is -2.32. The van der Waals surface area contributed by atoms with E-state index in [0.29, 0.717) is 5.95 Å². The van der Waals surface area contributed by atoms with Crippen molar-refractivity contribution in [2.24, 2.45) is 0 Å². The molecule has 7 nitrogen and oxygen atoms in total. The van der Waals surface area contributed by atoms with Gasteiger partial charge in [0.15, 0.2) is 0 Å². The van der Waals surface area contributed by atoms with E-state index in [1.807, 2.05) is 0 Å². The molecule has 0 radical (unpaired) electrons. The third kappa shape index (κ3) is 2.30. The highest BCUT2D eigenvalue weighted by molar-refractivity contribution is 5.36. The minimum absolute atomic E-state index is 0.195. The monoisotopic (exact) mass is 224 g/mol. The Balaban J connectivity index is 2.16. The van der Waals surface area contributed by atoms with Crippen LogP contribution in [0.1, 0.15) is 0 Å². The highest BCUT2D eigenvalue weighted by Crippen LogP contribution is 2.14. The van der Waals surface area contributed by atoms with Crippen LogP contribution in [0.4, 0.5) is 11.9 Å². The summed E-state index contributed by atoms with van der Waals surface area (Å²) in [5, 5.41) is 0. The molecule has 0 amide bonds. The molecule has 0 spiro atoms. The van der Waals surface area contributed by atoms with Gasteiger partial charge in [-0.3, -0.25) is 0 Å². The molecular weight excluding hydrogens is 208 g/mol. The molecule has 0 aromatic carbocycles. The van der Waals surface area contributed by atoms with Crippen LogP contribution in [-0.2, 0) is 0 Å². The van der Waals surface area contributed by atoms with E-state index in [1.54, 1.807) is 0 Å². The Morgan fingerprint density at radius 2 is 1.81 bits per heavy atom. The van der Waals surface area contributed by atoms with E-state index >= 15 is 0 Å². The first-order valence-electron chi connectivity index (χ1n) is 5.18. The fourth-order valence-corrected chi connectivity index (χ4v) is 1.60. The lowest BCUT2D eigenvalue weighted by Crippen LogP contribution is -2.45. The zero-order valence-electron chi connectivity index (χ0n) is 9.55. The van der Waals surface area contributed by atoms with Crippen molar-refractivity contribution >= 4 is 11.9 Å². The second-order valence-electron chi connectivity index (χ2n) is 3.77. The van der Waals surface area contributed by atoms with Gasteiger partial charge in [-0.1, -0.05) is 0 Å². The van der Waals surface area contributed by atoms with Crippen molar-refractivity contribution < 1.29 is 4.74 Å². The van der Waals surface area contributed by atoms with Crippen molar-refractivity contribution in [3.63, 3.8) is 0 Å². The number of methoxy groups -OCH3 is 1. The first-order chi connectivity index (χ1) is 7.69. The molecule has 2 rings (SSSR count). The van der Waals surface area contributed by atoms with Crippen molar-refractivity contribution in [1.29, 1.82) is 0 Å². The van der Waals surface area contributed by atoms with Crippen LogP contribution in [0.25, 0.3) is 0 Å². The van der Waals surface area contributed by atoms with E-state index < -0.39 is 0 Å². The number of hydrogen-bond donors (Lipinski definition) is 1. The molecule has 1 aromatic heterocycles. The molecule has 1 saturated heterocycles. The number of nitrogens with zero attached hydrogens (tertiary/aromatic N) is 5. The summed E-state index contributed by atoms with van der Waals surface area (Å²) in [5.41, 5.74) is 5.59. The summed E-state index contributed by atoms with van der Waals surface area (Å²) in [5.74, 6) is 0.790. The SMILES string of the molecule is COc1nc(N)nc(N2CCN(C)CC2)n1. The summed E-state index contributed by atoms with van der Waals surface area (Å²) in [6.45, 7) is 3.77. The molecule has 2 N–H and O–H groups in total. The number of hydrogen-bond acceptors (Lipinski definition) is 7. The lowest BCUT2D eigenvalue weighted by molar-refractivity contribution is 0.310. The van der Waals surface area contributed by atoms with Gasteiger partial charge in [-0.2, -0.15) is 15.0 Å². The van der Waals surface area contributed by atoms with E-state index in [9.17, 15) is 0 Å². The van der Waals surface area contributed by atoms with E-state index in [4.69, 9.17) is 10.5 Å². The number of piperazine rings is 1. The summed E-state index contributed by atoms with van der Waals surface area (Å²) >= 11 is 0. The molecule has 0 bridgehead atoms. The number of nitrogens with two attached hydrogens (primary N) is 1. The number of ether oxygens (including phenoxy) is 1. The normalized spacial score (nSPS) is 17.5. The molecule has 7 heteroatoms. The van der Waals surface area contributed by atoms with Crippen molar-refractivity contribution in [1.82, 2.24) is 19.9 Å². The molecular formula is C9H16N6O. The Morgan fingerprint density at radius 1 is 1.12 bits per heavy atom. The van der Waals surface area contributed by atoms with Gasteiger partial charge in [-0.15, -0.1) is 0 Å². The van der Waals surface area contributed by atoms with Crippen LogP contribution in [-0.4, -0.2) is 60.2 Å². The van der Waals surface area contributed by atoms with Crippen LogP contribution in [0.5, 0.6) is 6.01 Å². The predicted molar refractivity (Wildman–Crippen MR) is 60.5 cm³/mol. The first-order valence-corrected chi connectivity index (χ1v) is 5.18. The average Bonchev–Trinajstić information content (AvgIpc) is 2.29. The Morgan fingerprint density at radius 3 is 2.44 bits per heavy atom.